The largest absolute Gasteiger partial charge is 0.459 e. The van der Waals surface area contributed by atoms with Gasteiger partial charge in [-0.15, -0.1) is 0 Å². The van der Waals surface area contributed by atoms with Crippen LogP contribution in [0.4, 0.5) is 0 Å². The van der Waals surface area contributed by atoms with Crippen molar-refractivity contribution < 1.29 is 18.7 Å². The molecule has 2 aliphatic rings. The van der Waals surface area contributed by atoms with Crippen molar-refractivity contribution >= 4 is 22.8 Å². The van der Waals surface area contributed by atoms with E-state index in [1.165, 1.54) is 12.5 Å². The molecular formula is C23H24N4O4. The van der Waals surface area contributed by atoms with Gasteiger partial charge in [0, 0.05) is 20.2 Å². The number of nitrogens with one attached hydrogen (secondary N) is 1. The molecule has 1 N–H and O–H groups in total. The highest BCUT2D eigenvalue weighted by Gasteiger charge is 2.44. The Bertz CT molecular complexity index is 1100. The molecule has 2 amide bonds. The zero-order chi connectivity index (χ0) is 21.4. The third-order valence-corrected chi connectivity index (χ3v) is 6.44. The van der Waals surface area contributed by atoms with Crippen molar-refractivity contribution in [3.05, 3.63) is 60.3 Å². The quantitative estimate of drug-likeness (QED) is 0.697. The number of aromatic nitrogens is 2. The predicted octanol–water partition coefficient (Wildman–Crippen LogP) is 2.52. The van der Waals surface area contributed by atoms with Crippen molar-refractivity contribution in [3.63, 3.8) is 0 Å². The number of ether oxygens (including phenoxy) is 1. The summed E-state index contributed by atoms with van der Waals surface area (Å²) in [6, 6.07) is 10.7. The zero-order valence-electron chi connectivity index (χ0n) is 17.2. The number of amides is 2. The molecule has 0 unspecified atom stereocenters. The molecule has 1 aromatic carbocycles. The smallest absolute Gasteiger partial charge is 0.289 e. The van der Waals surface area contributed by atoms with Crippen molar-refractivity contribution in [1.29, 1.82) is 0 Å². The molecule has 0 bridgehead atoms. The Morgan fingerprint density at radius 3 is 2.61 bits per heavy atom. The summed E-state index contributed by atoms with van der Waals surface area (Å²) in [7, 11) is 1.67. The van der Waals surface area contributed by atoms with Crippen LogP contribution in [0.25, 0.3) is 11.0 Å². The van der Waals surface area contributed by atoms with Gasteiger partial charge in [-0.1, -0.05) is 12.1 Å². The monoisotopic (exact) mass is 420 g/mol. The second kappa shape index (κ2) is 8.11. The van der Waals surface area contributed by atoms with Crippen molar-refractivity contribution in [2.24, 2.45) is 11.8 Å². The number of furan rings is 1. The van der Waals surface area contributed by atoms with Crippen LogP contribution in [0.15, 0.2) is 53.3 Å². The highest BCUT2D eigenvalue weighted by atomic mass is 16.5. The number of carbonyl (C=O) groups is 2. The Morgan fingerprint density at radius 1 is 1.10 bits per heavy atom. The standard InChI is InChI=1S/C23H24N4O4/c1-30-21-10-15-13-27(23(29)20-7-4-8-31-20)12-14(15)9-18(21)26-22(28)19-11-24-16-5-2-3-6-17(16)25-19/h2-8,11,14-15,18,21H,9-10,12-13H2,1H3,(H,26,28)/t14-,15+,18-,21-/m0/s1. The highest BCUT2D eigenvalue weighted by molar-refractivity contribution is 5.94. The molecule has 8 heteroatoms. The third-order valence-electron chi connectivity index (χ3n) is 6.44. The maximum absolute atomic E-state index is 12.9. The van der Waals surface area contributed by atoms with Crippen LogP contribution < -0.4 is 5.32 Å². The number of para-hydroxylation sites is 2. The van der Waals surface area contributed by atoms with Crippen LogP contribution in [0, 0.1) is 11.8 Å². The normalized spacial score (nSPS) is 25.4. The van der Waals surface area contributed by atoms with Crippen molar-refractivity contribution in [3.8, 4) is 0 Å². The molecule has 0 radical (unpaired) electrons. The van der Waals surface area contributed by atoms with Gasteiger partial charge in [-0.3, -0.25) is 14.6 Å². The number of nitrogens with zero attached hydrogens (tertiary/aromatic N) is 3. The Hall–Kier alpha value is -3.26. The van der Waals surface area contributed by atoms with Crippen LogP contribution in [0.3, 0.4) is 0 Å². The molecule has 3 heterocycles. The van der Waals surface area contributed by atoms with Gasteiger partial charge in [0.15, 0.2) is 5.76 Å². The minimum Gasteiger partial charge on any atom is -0.459 e. The average molecular weight is 420 g/mol. The number of carbonyl (C=O) groups excluding carboxylic acids is 2. The topological polar surface area (TPSA) is 97.6 Å². The lowest BCUT2D eigenvalue weighted by Gasteiger charge is -2.37. The van der Waals surface area contributed by atoms with Gasteiger partial charge in [-0.2, -0.15) is 0 Å². The van der Waals surface area contributed by atoms with E-state index in [-0.39, 0.29) is 29.7 Å². The fourth-order valence-corrected chi connectivity index (χ4v) is 4.86. The number of likely N-dealkylation sites (tertiary alicyclic amines) is 1. The van der Waals surface area contributed by atoms with Crippen LogP contribution >= 0.6 is 0 Å². The van der Waals surface area contributed by atoms with Gasteiger partial charge >= 0.3 is 0 Å². The summed E-state index contributed by atoms with van der Waals surface area (Å²) in [4.78, 5) is 36.2. The van der Waals surface area contributed by atoms with Crippen molar-refractivity contribution in [2.45, 2.75) is 25.0 Å². The molecule has 1 aliphatic carbocycles. The van der Waals surface area contributed by atoms with Gasteiger partial charge in [-0.25, -0.2) is 4.98 Å². The van der Waals surface area contributed by atoms with E-state index in [2.05, 4.69) is 15.3 Å². The van der Waals surface area contributed by atoms with Crippen molar-refractivity contribution in [2.75, 3.05) is 20.2 Å². The maximum Gasteiger partial charge on any atom is 0.289 e. The molecule has 1 aliphatic heterocycles. The van der Waals surface area contributed by atoms with E-state index in [0.717, 1.165) is 18.4 Å². The number of fused-ring (bicyclic) bond motifs is 2. The molecule has 160 valence electrons. The summed E-state index contributed by atoms with van der Waals surface area (Å²) in [6.07, 6.45) is 4.44. The lowest BCUT2D eigenvalue weighted by atomic mass is 9.77. The maximum atomic E-state index is 12.9. The predicted molar refractivity (Wildman–Crippen MR) is 112 cm³/mol. The number of rotatable bonds is 4. The van der Waals surface area contributed by atoms with E-state index in [1.807, 2.05) is 29.2 Å². The third kappa shape index (κ3) is 3.79. The lowest BCUT2D eigenvalue weighted by Crippen LogP contribution is -2.50. The molecule has 31 heavy (non-hydrogen) atoms. The van der Waals surface area contributed by atoms with Gasteiger partial charge in [0.2, 0.25) is 0 Å². The van der Waals surface area contributed by atoms with Gasteiger partial charge < -0.3 is 19.4 Å². The molecule has 2 fully saturated rings. The first-order chi connectivity index (χ1) is 15.1. The first-order valence-corrected chi connectivity index (χ1v) is 10.5. The molecule has 1 saturated carbocycles. The van der Waals surface area contributed by atoms with E-state index >= 15 is 0 Å². The van der Waals surface area contributed by atoms with Crippen LogP contribution in [-0.2, 0) is 4.74 Å². The Balaban J connectivity index is 1.28. The first-order valence-electron chi connectivity index (χ1n) is 10.5. The van der Waals surface area contributed by atoms with E-state index in [0.29, 0.717) is 36.2 Å². The van der Waals surface area contributed by atoms with E-state index in [4.69, 9.17) is 9.15 Å². The fraction of sp³-hybridized carbons (Fsp3) is 0.391. The number of hydrogen-bond donors (Lipinski definition) is 1. The van der Waals surface area contributed by atoms with Crippen molar-refractivity contribution in [1.82, 2.24) is 20.2 Å². The lowest BCUT2D eigenvalue weighted by molar-refractivity contribution is 0.0124. The van der Waals surface area contributed by atoms with E-state index in [9.17, 15) is 9.59 Å². The molecule has 0 spiro atoms. The molecule has 3 aromatic rings. The summed E-state index contributed by atoms with van der Waals surface area (Å²) in [5.74, 6) is 0.670. The number of benzene rings is 1. The summed E-state index contributed by atoms with van der Waals surface area (Å²) in [5.41, 5.74) is 1.73. The molecule has 5 rings (SSSR count). The van der Waals surface area contributed by atoms with E-state index in [1.54, 1.807) is 19.2 Å². The van der Waals surface area contributed by atoms with Gasteiger partial charge in [0.25, 0.3) is 11.8 Å². The van der Waals surface area contributed by atoms with Crippen LogP contribution in [0.1, 0.15) is 33.9 Å². The van der Waals surface area contributed by atoms with Crippen LogP contribution in [-0.4, -0.2) is 59.0 Å². The first kappa shape index (κ1) is 19.7. The van der Waals surface area contributed by atoms with Crippen LogP contribution in [0.2, 0.25) is 0 Å². The van der Waals surface area contributed by atoms with Gasteiger partial charge in [-0.05, 0) is 48.9 Å². The molecule has 1 saturated heterocycles. The Labute approximate surface area is 179 Å². The Kier molecular flexibility index (Phi) is 5.15. The summed E-state index contributed by atoms with van der Waals surface area (Å²) >= 11 is 0. The number of hydrogen-bond acceptors (Lipinski definition) is 6. The molecular weight excluding hydrogens is 396 g/mol. The second-order valence-corrected chi connectivity index (χ2v) is 8.28. The molecule has 4 atom stereocenters. The Morgan fingerprint density at radius 2 is 1.87 bits per heavy atom. The molecule has 2 aromatic heterocycles. The number of methoxy groups -OCH3 is 1. The summed E-state index contributed by atoms with van der Waals surface area (Å²) < 4.78 is 11.0. The minimum absolute atomic E-state index is 0.0830. The van der Waals surface area contributed by atoms with Gasteiger partial charge in [0.1, 0.15) is 5.69 Å². The minimum atomic E-state index is -0.259. The average Bonchev–Trinajstić information content (AvgIpc) is 3.47. The zero-order valence-corrected chi connectivity index (χ0v) is 17.2. The van der Waals surface area contributed by atoms with Crippen LogP contribution in [0.5, 0.6) is 0 Å². The fourth-order valence-electron chi connectivity index (χ4n) is 4.86. The summed E-state index contributed by atoms with van der Waals surface area (Å²) in [6.45, 7) is 1.34. The molecule has 8 nitrogen and oxygen atoms in total. The SMILES string of the molecule is CO[C@H]1C[C@@H]2CN(C(=O)c3ccco3)C[C@@H]2C[C@@H]1NC(=O)c1cnc2ccccc2n1. The second-order valence-electron chi connectivity index (χ2n) is 8.28. The van der Waals surface area contributed by atoms with Gasteiger partial charge in [0.05, 0.1) is 35.6 Å². The highest BCUT2D eigenvalue weighted by Crippen LogP contribution is 2.38. The summed E-state index contributed by atoms with van der Waals surface area (Å²) in [5, 5.41) is 3.10. The van der Waals surface area contributed by atoms with E-state index < -0.39 is 0 Å².